The molecular weight excluding hydrogens is 681 g/mol. The SMILES string of the molecule is C=C(C)C(=O)SCC[S][Ge]([S]CCSC(=O)C(=C)C)([S]CCSC(=O)C(=C)C)[S]CCSC(=O)C(=C)C. The summed E-state index contributed by atoms with van der Waals surface area (Å²) in [7, 11) is 5.08. The number of carbonyl (C=O) groups excluding carboxylic acids is 4. The summed E-state index contributed by atoms with van der Waals surface area (Å²) in [5.41, 5.74) is 2.22. The summed E-state index contributed by atoms with van der Waals surface area (Å²) in [6, 6.07) is 0. The zero-order valence-electron chi connectivity index (χ0n) is 21.9. The van der Waals surface area contributed by atoms with Gasteiger partial charge in [-0.3, -0.25) is 0 Å². The van der Waals surface area contributed by atoms with Crippen molar-refractivity contribution in [1.82, 2.24) is 0 Å². The van der Waals surface area contributed by atoms with E-state index in [0.717, 1.165) is 23.0 Å². The third kappa shape index (κ3) is 18.9. The van der Waals surface area contributed by atoms with Crippen LogP contribution in [0.25, 0.3) is 0 Å². The summed E-state index contributed by atoms with van der Waals surface area (Å²) < 4.78 is 0. The average molecular weight is 718 g/mol. The topological polar surface area (TPSA) is 68.3 Å². The Bertz CT molecular complexity index is 733. The molecule has 0 aliphatic rings. The predicted molar refractivity (Wildman–Crippen MR) is 185 cm³/mol. The molecule has 0 spiro atoms. The van der Waals surface area contributed by atoms with Crippen molar-refractivity contribution >= 4 is 117 Å². The van der Waals surface area contributed by atoms with E-state index >= 15 is 0 Å². The van der Waals surface area contributed by atoms with Gasteiger partial charge in [-0.25, -0.2) is 0 Å². The van der Waals surface area contributed by atoms with E-state index in [9.17, 15) is 19.2 Å². The molecule has 0 atom stereocenters. The number of rotatable bonds is 20. The molecule has 0 rings (SSSR count). The van der Waals surface area contributed by atoms with E-state index in [-0.39, 0.29) is 20.5 Å². The van der Waals surface area contributed by atoms with Gasteiger partial charge >= 0.3 is 258 Å². The molecule has 0 bridgehead atoms. The van der Waals surface area contributed by atoms with Crippen molar-refractivity contribution in [2.45, 2.75) is 27.7 Å². The number of hydrogen-bond acceptors (Lipinski definition) is 12. The van der Waals surface area contributed by atoms with Crippen molar-refractivity contribution in [3.8, 4) is 0 Å². The Morgan fingerprint density at radius 1 is 0.432 bits per heavy atom. The van der Waals surface area contributed by atoms with Crippen LogP contribution in [0, 0.1) is 0 Å². The molecule has 0 aliphatic heterocycles. The van der Waals surface area contributed by atoms with Crippen molar-refractivity contribution in [2.24, 2.45) is 0 Å². The minimum atomic E-state index is -2.75. The van der Waals surface area contributed by atoms with Gasteiger partial charge in [0.05, 0.1) is 0 Å². The maximum atomic E-state index is 12.0. The Morgan fingerprint density at radius 3 is 0.784 bits per heavy atom. The number of carbonyl (C=O) groups is 4. The first kappa shape index (κ1) is 38.0. The predicted octanol–water partition coefficient (Wildman–Crippen LogP) is 7.70. The molecule has 0 unspecified atom stereocenters. The van der Waals surface area contributed by atoms with Crippen LogP contribution in [0.15, 0.2) is 48.6 Å². The molecule has 0 radical (unpaired) electrons. The van der Waals surface area contributed by atoms with Crippen molar-refractivity contribution in [3.05, 3.63) is 48.6 Å². The molecule has 0 aromatic rings. The molecule has 0 aromatic heterocycles. The molecule has 208 valence electrons. The second-order valence-corrected chi connectivity index (χ2v) is 44.8. The monoisotopic (exact) mass is 718 g/mol. The standard InChI is InChI=1S/C24H36GeO4S8/c1-17(2)21(26)30-9-13-34-25(35-14-10-31-22(27)18(3)4,36-15-11-32-23(28)19(5)6)37-16-12-33-24(29)20(7)8/h1,3,5,7,9-16H2,2,4,6,8H3. The van der Waals surface area contributed by atoms with Crippen LogP contribution in [0.3, 0.4) is 0 Å². The molecule has 0 aromatic carbocycles. The second kappa shape index (κ2) is 21.7. The second-order valence-electron chi connectivity index (χ2n) is 7.56. The van der Waals surface area contributed by atoms with Gasteiger partial charge in [-0.1, -0.05) is 0 Å². The molecule has 0 fully saturated rings. The van der Waals surface area contributed by atoms with Gasteiger partial charge in [0.15, 0.2) is 0 Å². The van der Waals surface area contributed by atoms with Crippen LogP contribution in [0.1, 0.15) is 27.7 Å². The van der Waals surface area contributed by atoms with E-state index in [2.05, 4.69) is 26.3 Å². The molecule has 37 heavy (non-hydrogen) atoms. The summed E-state index contributed by atoms with van der Waals surface area (Å²) in [5.74, 6) is 6.18. The maximum absolute atomic E-state index is 12.0. The van der Waals surface area contributed by atoms with Crippen LogP contribution >= 0.6 is 87.4 Å². The van der Waals surface area contributed by atoms with Crippen LogP contribution in [0.2, 0.25) is 0 Å². The first-order valence-electron chi connectivity index (χ1n) is 11.2. The molecule has 0 N–H and O–H groups in total. The molecule has 13 heteroatoms. The molecule has 4 nitrogen and oxygen atoms in total. The fraction of sp³-hybridized carbons (Fsp3) is 0.500. The zero-order valence-corrected chi connectivity index (χ0v) is 30.5. The summed E-state index contributed by atoms with van der Waals surface area (Å²) in [4.78, 5) is 47.9. The zero-order chi connectivity index (χ0) is 28.4. The molecule has 0 saturated carbocycles. The first-order chi connectivity index (χ1) is 17.3. The third-order valence-corrected chi connectivity index (χ3v) is 48.0. The van der Waals surface area contributed by atoms with E-state index in [1.54, 1.807) is 27.7 Å². The van der Waals surface area contributed by atoms with Crippen molar-refractivity contribution in [1.29, 1.82) is 0 Å². The van der Waals surface area contributed by atoms with Crippen molar-refractivity contribution in [3.63, 3.8) is 0 Å². The van der Waals surface area contributed by atoms with Crippen LogP contribution < -0.4 is 0 Å². The van der Waals surface area contributed by atoms with E-state index in [4.69, 9.17) is 0 Å². The van der Waals surface area contributed by atoms with Crippen LogP contribution in [-0.4, -0.2) is 75.2 Å². The summed E-state index contributed by atoms with van der Waals surface area (Å²) in [6.07, 6.45) is 0. The Morgan fingerprint density at radius 2 is 0.622 bits per heavy atom. The number of hydrogen-bond donors (Lipinski definition) is 0. The van der Waals surface area contributed by atoms with Crippen molar-refractivity contribution < 1.29 is 19.2 Å². The fourth-order valence-electron chi connectivity index (χ4n) is 1.95. The van der Waals surface area contributed by atoms with Crippen LogP contribution in [-0.2, 0) is 19.2 Å². The van der Waals surface area contributed by atoms with Gasteiger partial charge in [0.1, 0.15) is 0 Å². The quantitative estimate of drug-likeness (QED) is 0.0705. The van der Waals surface area contributed by atoms with E-state index in [0.29, 0.717) is 45.3 Å². The Hall–Kier alpha value is 0.983. The summed E-state index contributed by atoms with van der Waals surface area (Å²) in [6.45, 7) is 21.8. The van der Waals surface area contributed by atoms with E-state index < -0.39 is 8.70 Å². The third-order valence-electron chi connectivity index (χ3n) is 3.78. The van der Waals surface area contributed by atoms with Crippen LogP contribution in [0.4, 0.5) is 0 Å². The molecule has 0 aliphatic carbocycles. The van der Waals surface area contributed by atoms with E-state index in [1.165, 1.54) is 47.0 Å². The normalized spacial score (nSPS) is 11.1. The summed E-state index contributed by atoms with van der Waals surface area (Å²) in [5, 5.41) is 0.0770. The van der Waals surface area contributed by atoms with Gasteiger partial charge in [-0.05, 0) is 0 Å². The first-order valence-corrected chi connectivity index (χ1v) is 29.3. The van der Waals surface area contributed by atoms with Gasteiger partial charge in [0.25, 0.3) is 0 Å². The fourth-order valence-corrected chi connectivity index (χ4v) is 47.0. The van der Waals surface area contributed by atoms with Gasteiger partial charge in [-0.15, -0.1) is 0 Å². The molecule has 0 heterocycles. The van der Waals surface area contributed by atoms with Gasteiger partial charge in [0, 0.05) is 0 Å². The van der Waals surface area contributed by atoms with Crippen molar-refractivity contribution in [2.75, 3.05) is 46.0 Å². The Balaban J connectivity index is 5.37. The molecule has 0 amide bonds. The van der Waals surface area contributed by atoms with Gasteiger partial charge < -0.3 is 0 Å². The van der Waals surface area contributed by atoms with E-state index in [1.807, 2.05) is 40.3 Å². The summed E-state index contributed by atoms with van der Waals surface area (Å²) >= 11 is 5.20. The van der Waals surface area contributed by atoms with Gasteiger partial charge in [-0.2, -0.15) is 0 Å². The Kier molecular flexibility index (Phi) is 22.3. The molecular formula is C24H36GeO4S8. The minimum absolute atomic E-state index is 0.0192. The number of thioether (sulfide) groups is 4. The van der Waals surface area contributed by atoms with Gasteiger partial charge in [0.2, 0.25) is 0 Å². The average Bonchev–Trinajstić information content (AvgIpc) is 2.83. The Labute approximate surface area is 255 Å². The molecule has 0 saturated heterocycles. The van der Waals surface area contributed by atoms with Crippen LogP contribution in [0.5, 0.6) is 0 Å².